The first-order valence-corrected chi connectivity index (χ1v) is 7.50. The average molecular weight is 309 g/mol. The zero-order valence-electron chi connectivity index (χ0n) is 13.8. The van der Waals surface area contributed by atoms with E-state index in [2.05, 4.69) is 4.94 Å². The minimum absolute atomic E-state index is 0.0901. The van der Waals surface area contributed by atoms with Crippen LogP contribution in [0.5, 0.6) is 0 Å². The lowest BCUT2D eigenvalue weighted by Crippen LogP contribution is -2.42. The highest BCUT2D eigenvalue weighted by Gasteiger charge is 2.32. The van der Waals surface area contributed by atoms with Crippen molar-refractivity contribution in [3.05, 3.63) is 42.1 Å². The Bertz CT molecular complexity index is 514. The van der Waals surface area contributed by atoms with Crippen LogP contribution in [0.4, 0.5) is 10.2 Å². The molecule has 1 atom stereocenters. The quantitative estimate of drug-likeness (QED) is 0.824. The van der Waals surface area contributed by atoms with Gasteiger partial charge in [0.25, 0.3) is 0 Å². The molecule has 1 aliphatic rings. The molecular formula is C17H24FNO3. The van der Waals surface area contributed by atoms with E-state index in [0.29, 0.717) is 5.69 Å². The van der Waals surface area contributed by atoms with Crippen LogP contribution in [0, 0.1) is 6.92 Å². The SMILES string of the molecule is CC.CC.Cc1cccc(N2C=CC(=O)CC2C(=O)OF)c1. The molecule has 0 aromatic heterocycles. The van der Waals surface area contributed by atoms with Crippen LogP contribution in [0.25, 0.3) is 0 Å². The van der Waals surface area contributed by atoms with Crippen molar-refractivity contribution in [2.75, 3.05) is 4.90 Å². The Morgan fingerprint density at radius 1 is 1.27 bits per heavy atom. The molecule has 1 aromatic carbocycles. The molecule has 0 fully saturated rings. The summed E-state index contributed by atoms with van der Waals surface area (Å²) in [6.45, 7) is 9.91. The van der Waals surface area contributed by atoms with Crippen molar-refractivity contribution in [2.45, 2.75) is 47.1 Å². The van der Waals surface area contributed by atoms with E-state index < -0.39 is 12.0 Å². The molecule has 1 aliphatic heterocycles. The first-order valence-electron chi connectivity index (χ1n) is 7.50. The van der Waals surface area contributed by atoms with E-state index in [1.807, 2.05) is 52.8 Å². The first kappa shape index (κ1) is 19.8. The fourth-order valence-electron chi connectivity index (χ4n) is 1.93. The number of rotatable bonds is 2. The van der Waals surface area contributed by atoms with E-state index in [0.717, 1.165) is 5.56 Å². The number of allylic oxidation sites excluding steroid dienone is 1. The molecule has 1 unspecified atom stereocenters. The molecule has 5 heteroatoms. The Hall–Kier alpha value is -2.17. The van der Waals surface area contributed by atoms with Crippen LogP contribution in [0.15, 0.2) is 36.5 Å². The van der Waals surface area contributed by atoms with Crippen LogP contribution in [0.3, 0.4) is 0 Å². The summed E-state index contributed by atoms with van der Waals surface area (Å²) in [6, 6.07) is 6.41. The maximum Gasteiger partial charge on any atom is 0.371 e. The van der Waals surface area contributed by atoms with Crippen molar-refractivity contribution >= 4 is 17.4 Å². The Morgan fingerprint density at radius 2 is 1.91 bits per heavy atom. The summed E-state index contributed by atoms with van der Waals surface area (Å²) >= 11 is 0. The summed E-state index contributed by atoms with van der Waals surface area (Å²) in [5, 5.41) is 0. The number of hydrogen-bond acceptors (Lipinski definition) is 4. The second kappa shape index (κ2) is 10.5. The highest BCUT2D eigenvalue weighted by atomic mass is 19.3. The van der Waals surface area contributed by atoms with Gasteiger partial charge in [0.1, 0.15) is 6.04 Å². The first-order chi connectivity index (χ1) is 10.6. The monoisotopic (exact) mass is 309 g/mol. The minimum atomic E-state index is -1.06. The van der Waals surface area contributed by atoms with Crippen LogP contribution in [-0.2, 0) is 14.5 Å². The van der Waals surface area contributed by atoms with Gasteiger partial charge in [-0.15, -0.1) is 0 Å². The predicted octanol–water partition coefficient (Wildman–Crippen LogP) is 4.14. The van der Waals surface area contributed by atoms with E-state index in [1.165, 1.54) is 17.2 Å². The number of benzene rings is 1. The van der Waals surface area contributed by atoms with Gasteiger partial charge in [0.05, 0.1) is 0 Å². The topological polar surface area (TPSA) is 46.6 Å². The maximum absolute atomic E-state index is 12.1. The van der Waals surface area contributed by atoms with Gasteiger partial charge < -0.3 is 4.90 Å². The van der Waals surface area contributed by atoms with Crippen molar-refractivity contribution in [3.8, 4) is 0 Å². The average Bonchev–Trinajstić information content (AvgIpc) is 2.57. The maximum atomic E-state index is 12.1. The normalized spacial score (nSPS) is 16.0. The second-order valence-electron chi connectivity index (χ2n) is 4.14. The van der Waals surface area contributed by atoms with Crippen molar-refractivity contribution in [1.82, 2.24) is 0 Å². The molecule has 0 N–H and O–H groups in total. The molecule has 0 aliphatic carbocycles. The van der Waals surface area contributed by atoms with E-state index in [4.69, 9.17) is 0 Å². The van der Waals surface area contributed by atoms with E-state index in [9.17, 15) is 14.1 Å². The van der Waals surface area contributed by atoms with Gasteiger partial charge >= 0.3 is 5.97 Å². The third kappa shape index (κ3) is 5.31. The Morgan fingerprint density at radius 3 is 2.45 bits per heavy atom. The molecular weight excluding hydrogens is 285 g/mol. The number of carbonyl (C=O) groups excluding carboxylic acids is 2. The minimum Gasteiger partial charge on any atom is -0.333 e. The molecule has 2 rings (SSSR count). The highest BCUT2D eigenvalue weighted by molar-refractivity contribution is 5.97. The van der Waals surface area contributed by atoms with Gasteiger partial charge in [0.2, 0.25) is 0 Å². The molecule has 22 heavy (non-hydrogen) atoms. The Labute approximate surface area is 131 Å². The molecule has 0 bridgehead atoms. The van der Waals surface area contributed by atoms with Gasteiger partial charge in [-0.2, -0.15) is 0 Å². The van der Waals surface area contributed by atoms with Crippen molar-refractivity contribution < 1.29 is 19.1 Å². The lowest BCUT2D eigenvalue weighted by atomic mass is 10.0. The standard InChI is InChI=1S/C13H12FNO3.2C2H6/c1-9-3-2-4-10(7-9)15-6-5-11(16)8-12(15)13(17)18-14;2*1-2/h2-7,12H,8H2,1H3;2*1-2H3. The second-order valence-corrected chi connectivity index (χ2v) is 4.14. The number of ketones is 1. The fourth-order valence-corrected chi connectivity index (χ4v) is 1.93. The van der Waals surface area contributed by atoms with Gasteiger partial charge in [-0.05, 0) is 30.7 Å². The number of nitrogens with zero attached hydrogens (tertiary/aromatic N) is 1. The predicted molar refractivity (Wildman–Crippen MR) is 86.1 cm³/mol. The number of halogens is 1. The fraction of sp³-hybridized carbons (Fsp3) is 0.412. The summed E-state index contributed by atoms with van der Waals surface area (Å²) in [5.41, 5.74) is 1.72. The molecule has 0 radical (unpaired) electrons. The van der Waals surface area contributed by atoms with Gasteiger partial charge in [-0.25, -0.2) is 4.79 Å². The highest BCUT2D eigenvalue weighted by Crippen LogP contribution is 2.24. The largest absolute Gasteiger partial charge is 0.371 e. The summed E-state index contributed by atoms with van der Waals surface area (Å²) in [7, 11) is 0. The van der Waals surface area contributed by atoms with Gasteiger partial charge in [0.15, 0.2) is 5.78 Å². The number of aryl methyl sites for hydroxylation is 1. The molecule has 0 saturated carbocycles. The zero-order valence-corrected chi connectivity index (χ0v) is 13.8. The van der Waals surface area contributed by atoms with Crippen molar-refractivity contribution in [3.63, 3.8) is 0 Å². The number of anilines is 1. The molecule has 0 saturated heterocycles. The summed E-state index contributed by atoms with van der Waals surface area (Å²) in [4.78, 5) is 27.4. The van der Waals surface area contributed by atoms with Gasteiger partial charge in [-0.3, -0.25) is 9.74 Å². The third-order valence-corrected chi connectivity index (χ3v) is 2.80. The molecule has 0 spiro atoms. The van der Waals surface area contributed by atoms with E-state index >= 15 is 0 Å². The van der Waals surface area contributed by atoms with Gasteiger partial charge in [-0.1, -0.05) is 39.8 Å². The molecule has 1 heterocycles. The summed E-state index contributed by atoms with van der Waals surface area (Å²) in [6.07, 6.45) is 2.75. The van der Waals surface area contributed by atoms with Crippen LogP contribution in [0.2, 0.25) is 0 Å². The lowest BCUT2D eigenvalue weighted by molar-refractivity contribution is -0.185. The van der Waals surface area contributed by atoms with Crippen molar-refractivity contribution in [1.29, 1.82) is 0 Å². The van der Waals surface area contributed by atoms with Crippen LogP contribution < -0.4 is 4.90 Å². The van der Waals surface area contributed by atoms with E-state index in [1.54, 1.807) is 6.07 Å². The van der Waals surface area contributed by atoms with Crippen LogP contribution in [0.1, 0.15) is 39.7 Å². The molecule has 122 valence electrons. The molecule has 1 aromatic rings. The number of carbonyl (C=O) groups is 2. The molecule has 4 nitrogen and oxygen atoms in total. The molecule has 0 amide bonds. The number of hydrogen-bond donors (Lipinski definition) is 0. The van der Waals surface area contributed by atoms with Crippen LogP contribution in [-0.4, -0.2) is 17.8 Å². The third-order valence-electron chi connectivity index (χ3n) is 2.80. The zero-order chi connectivity index (χ0) is 17.1. The van der Waals surface area contributed by atoms with Crippen LogP contribution >= 0.6 is 0 Å². The van der Waals surface area contributed by atoms with E-state index in [-0.39, 0.29) is 12.2 Å². The van der Waals surface area contributed by atoms with Gasteiger partial charge in [0, 0.05) is 22.8 Å². The Kier molecular flexibility index (Phi) is 9.50. The lowest BCUT2D eigenvalue weighted by Gasteiger charge is -2.29. The summed E-state index contributed by atoms with van der Waals surface area (Å²) in [5.74, 6) is -1.29. The van der Waals surface area contributed by atoms with Crippen molar-refractivity contribution in [2.24, 2.45) is 0 Å². The summed E-state index contributed by atoms with van der Waals surface area (Å²) < 4.78 is 12.1. The Balaban J connectivity index is 0.00000102. The smallest absolute Gasteiger partial charge is 0.333 e.